The fourth-order valence-corrected chi connectivity index (χ4v) is 5.20. The molecule has 2 aliphatic rings. The van der Waals surface area contributed by atoms with Crippen LogP contribution in [0.15, 0.2) is 35.2 Å². The first kappa shape index (κ1) is 16.9. The smallest absolute Gasteiger partial charge is 0.243 e. The van der Waals surface area contributed by atoms with Crippen molar-refractivity contribution in [2.75, 3.05) is 26.2 Å². The molecule has 2 heterocycles. The zero-order valence-corrected chi connectivity index (χ0v) is 14.7. The maximum Gasteiger partial charge on any atom is 0.243 e. The molecular formula is C17H26N2O3S. The van der Waals surface area contributed by atoms with Crippen LogP contribution in [0.3, 0.4) is 0 Å². The van der Waals surface area contributed by atoms with Crippen LogP contribution in [0.1, 0.15) is 26.7 Å². The highest BCUT2D eigenvalue weighted by atomic mass is 32.2. The lowest BCUT2D eigenvalue weighted by Gasteiger charge is -2.43. The summed E-state index contributed by atoms with van der Waals surface area (Å²) in [6.07, 6.45) is 2.30. The van der Waals surface area contributed by atoms with E-state index in [0.717, 1.165) is 25.9 Å². The van der Waals surface area contributed by atoms with Crippen molar-refractivity contribution >= 4 is 10.0 Å². The Bertz CT molecular complexity index is 602. The summed E-state index contributed by atoms with van der Waals surface area (Å²) in [5.41, 5.74) is 0. The molecule has 0 aromatic heterocycles. The monoisotopic (exact) mass is 338 g/mol. The summed E-state index contributed by atoms with van der Waals surface area (Å²) in [5, 5.41) is 0. The largest absolute Gasteiger partial charge is 0.373 e. The summed E-state index contributed by atoms with van der Waals surface area (Å²) in [7, 11) is -3.35. The highest BCUT2D eigenvalue weighted by Gasteiger charge is 2.34. The predicted octanol–water partition coefficient (Wildman–Crippen LogP) is 1.95. The maximum atomic E-state index is 12.7. The van der Waals surface area contributed by atoms with Crippen LogP contribution >= 0.6 is 0 Å². The number of piperidine rings is 1. The lowest BCUT2D eigenvalue weighted by molar-refractivity contribution is -0.0847. The molecule has 0 unspecified atom stereocenters. The van der Waals surface area contributed by atoms with E-state index in [2.05, 4.69) is 18.7 Å². The minimum atomic E-state index is -3.35. The zero-order chi connectivity index (χ0) is 16.4. The average molecular weight is 338 g/mol. The van der Waals surface area contributed by atoms with E-state index in [-0.39, 0.29) is 12.2 Å². The van der Waals surface area contributed by atoms with Crippen LogP contribution in [-0.4, -0.2) is 62.1 Å². The molecule has 1 aromatic carbocycles. The van der Waals surface area contributed by atoms with E-state index in [1.165, 1.54) is 0 Å². The molecule has 23 heavy (non-hydrogen) atoms. The van der Waals surface area contributed by atoms with E-state index in [9.17, 15) is 8.42 Å². The molecule has 0 saturated carbocycles. The van der Waals surface area contributed by atoms with Crippen LogP contribution in [0.4, 0.5) is 0 Å². The molecular weight excluding hydrogens is 312 g/mol. The van der Waals surface area contributed by atoms with Crippen molar-refractivity contribution in [1.82, 2.24) is 9.21 Å². The fraction of sp³-hybridized carbons (Fsp3) is 0.647. The summed E-state index contributed by atoms with van der Waals surface area (Å²) in [5.74, 6) is 0. The third-order valence-electron chi connectivity index (χ3n) is 4.77. The molecule has 2 aliphatic heterocycles. The molecule has 3 rings (SSSR count). The molecule has 5 nitrogen and oxygen atoms in total. The van der Waals surface area contributed by atoms with Crippen molar-refractivity contribution in [2.24, 2.45) is 0 Å². The topological polar surface area (TPSA) is 49.9 Å². The van der Waals surface area contributed by atoms with E-state index >= 15 is 0 Å². The summed E-state index contributed by atoms with van der Waals surface area (Å²) in [4.78, 5) is 2.87. The van der Waals surface area contributed by atoms with Gasteiger partial charge >= 0.3 is 0 Å². The van der Waals surface area contributed by atoms with E-state index in [1.807, 2.05) is 6.07 Å². The number of benzene rings is 1. The Hall–Kier alpha value is -0.950. The SMILES string of the molecule is C[C@H]1CN(C2CCN(S(=O)(=O)c3ccccc3)CC2)C[C@H](C)O1. The zero-order valence-electron chi connectivity index (χ0n) is 13.9. The minimum Gasteiger partial charge on any atom is -0.373 e. The van der Waals surface area contributed by atoms with Gasteiger partial charge in [0, 0.05) is 32.2 Å². The van der Waals surface area contributed by atoms with Gasteiger partial charge in [-0.1, -0.05) is 18.2 Å². The molecule has 0 bridgehead atoms. The van der Waals surface area contributed by atoms with Crippen LogP contribution in [-0.2, 0) is 14.8 Å². The standard InChI is InChI=1S/C17H26N2O3S/c1-14-12-18(13-15(2)22-14)16-8-10-19(11-9-16)23(20,21)17-6-4-3-5-7-17/h3-7,14-16H,8-13H2,1-2H3/t14-,15-/m0/s1. The molecule has 0 spiro atoms. The van der Waals surface area contributed by atoms with E-state index in [1.54, 1.807) is 28.6 Å². The van der Waals surface area contributed by atoms with Crippen LogP contribution in [0, 0.1) is 0 Å². The Kier molecular flexibility index (Phi) is 5.06. The molecule has 0 aliphatic carbocycles. The van der Waals surface area contributed by atoms with Crippen molar-refractivity contribution in [3.8, 4) is 0 Å². The molecule has 0 amide bonds. The van der Waals surface area contributed by atoms with Crippen LogP contribution in [0.5, 0.6) is 0 Å². The van der Waals surface area contributed by atoms with Gasteiger partial charge in [0.2, 0.25) is 10.0 Å². The summed E-state index contributed by atoms with van der Waals surface area (Å²) < 4.78 is 32.8. The third kappa shape index (κ3) is 3.76. The second-order valence-corrected chi connectivity index (χ2v) is 8.60. The van der Waals surface area contributed by atoms with Crippen molar-refractivity contribution in [3.05, 3.63) is 30.3 Å². The van der Waals surface area contributed by atoms with E-state index in [4.69, 9.17) is 4.74 Å². The van der Waals surface area contributed by atoms with Crippen LogP contribution in [0.2, 0.25) is 0 Å². The van der Waals surface area contributed by atoms with Gasteiger partial charge in [-0.05, 0) is 38.8 Å². The highest BCUT2D eigenvalue weighted by Crippen LogP contribution is 2.25. The molecule has 0 N–H and O–H groups in total. The van der Waals surface area contributed by atoms with Gasteiger partial charge in [0.1, 0.15) is 0 Å². The van der Waals surface area contributed by atoms with E-state index in [0.29, 0.717) is 24.0 Å². The Morgan fingerprint density at radius 3 is 2.13 bits per heavy atom. The first-order valence-corrected chi connectivity index (χ1v) is 9.85. The number of nitrogens with zero attached hydrogens (tertiary/aromatic N) is 2. The lowest BCUT2D eigenvalue weighted by atomic mass is 10.0. The number of ether oxygens (including phenoxy) is 1. The number of rotatable bonds is 3. The Morgan fingerprint density at radius 2 is 1.57 bits per heavy atom. The second-order valence-electron chi connectivity index (χ2n) is 6.66. The van der Waals surface area contributed by atoms with Gasteiger partial charge in [-0.15, -0.1) is 0 Å². The van der Waals surface area contributed by atoms with Crippen molar-refractivity contribution < 1.29 is 13.2 Å². The number of morpholine rings is 1. The fourth-order valence-electron chi connectivity index (χ4n) is 3.71. The molecule has 2 atom stereocenters. The van der Waals surface area contributed by atoms with Crippen molar-refractivity contribution in [2.45, 2.75) is 49.8 Å². The van der Waals surface area contributed by atoms with E-state index < -0.39 is 10.0 Å². The van der Waals surface area contributed by atoms with Crippen molar-refractivity contribution in [1.29, 1.82) is 0 Å². The Balaban J connectivity index is 1.62. The predicted molar refractivity (Wildman–Crippen MR) is 89.8 cm³/mol. The molecule has 2 fully saturated rings. The quantitative estimate of drug-likeness (QED) is 0.845. The molecule has 1 aromatic rings. The molecule has 128 valence electrons. The van der Waals surface area contributed by atoms with Gasteiger partial charge in [-0.3, -0.25) is 4.90 Å². The average Bonchev–Trinajstić information content (AvgIpc) is 2.55. The molecule has 0 radical (unpaired) electrons. The van der Waals surface area contributed by atoms with Crippen LogP contribution in [0.25, 0.3) is 0 Å². The van der Waals surface area contributed by atoms with Gasteiger partial charge in [-0.2, -0.15) is 4.31 Å². The normalized spacial score (nSPS) is 28.8. The van der Waals surface area contributed by atoms with Crippen molar-refractivity contribution in [3.63, 3.8) is 0 Å². The van der Waals surface area contributed by atoms with Gasteiger partial charge in [0.05, 0.1) is 17.1 Å². The maximum absolute atomic E-state index is 12.7. The molecule has 2 saturated heterocycles. The first-order chi connectivity index (χ1) is 11.0. The lowest BCUT2D eigenvalue weighted by Crippen LogP contribution is -2.53. The Labute approximate surface area is 139 Å². The summed E-state index contributed by atoms with van der Waals surface area (Å²) >= 11 is 0. The summed E-state index contributed by atoms with van der Waals surface area (Å²) in [6.45, 7) is 7.31. The number of hydrogen-bond acceptors (Lipinski definition) is 4. The van der Waals surface area contributed by atoms with Gasteiger partial charge in [0.15, 0.2) is 0 Å². The van der Waals surface area contributed by atoms with Gasteiger partial charge in [-0.25, -0.2) is 8.42 Å². The van der Waals surface area contributed by atoms with Gasteiger partial charge in [0.25, 0.3) is 0 Å². The van der Waals surface area contributed by atoms with Gasteiger partial charge < -0.3 is 4.74 Å². The first-order valence-electron chi connectivity index (χ1n) is 8.41. The third-order valence-corrected chi connectivity index (χ3v) is 6.68. The minimum absolute atomic E-state index is 0.254. The highest BCUT2D eigenvalue weighted by molar-refractivity contribution is 7.89. The second kappa shape index (κ2) is 6.89. The number of hydrogen-bond donors (Lipinski definition) is 0. The molecule has 6 heteroatoms. The summed E-state index contributed by atoms with van der Waals surface area (Å²) in [6, 6.07) is 9.20. The van der Waals surface area contributed by atoms with Crippen LogP contribution < -0.4 is 0 Å². The Morgan fingerprint density at radius 1 is 1.00 bits per heavy atom. The number of sulfonamides is 1.